The van der Waals surface area contributed by atoms with Gasteiger partial charge in [0.2, 0.25) is 0 Å². The van der Waals surface area contributed by atoms with Gasteiger partial charge in [-0.05, 0) is 32.1 Å². The molecule has 2 saturated heterocycles. The van der Waals surface area contributed by atoms with Crippen molar-refractivity contribution < 1.29 is 69.3 Å². The minimum absolute atomic E-state index is 0.00571. The van der Waals surface area contributed by atoms with Gasteiger partial charge in [0.1, 0.15) is 61.5 Å². The van der Waals surface area contributed by atoms with Crippen molar-refractivity contribution in [2.24, 2.45) is 0 Å². The average Bonchev–Trinajstić information content (AvgIpc) is 3.06. The molecule has 47 heavy (non-hydrogen) atoms. The smallest absolute Gasteiger partial charge is 0.309 e. The van der Waals surface area contributed by atoms with Crippen LogP contribution in [0.2, 0.25) is 0 Å². The summed E-state index contributed by atoms with van der Waals surface area (Å²) in [4.78, 5) is 12.0. The maximum Gasteiger partial charge on any atom is 0.309 e. The number of carbonyl (C=O) groups is 1. The van der Waals surface area contributed by atoms with E-state index in [0.717, 1.165) is 25.7 Å². The van der Waals surface area contributed by atoms with Crippen molar-refractivity contribution in [3.63, 3.8) is 0 Å². The second-order valence-electron chi connectivity index (χ2n) is 11.1. The van der Waals surface area contributed by atoms with Crippen LogP contribution in [0.15, 0.2) is 60.8 Å². The lowest BCUT2D eigenvalue weighted by molar-refractivity contribution is -0.332. The summed E-state index contributed by atoms with van der Waals surface area (Å²) in [5.41, 5.74) is 0. The highest BCUT2D eigenvalue weighted by Crippen LogP contribution is 2.26. The number of carbonyl (C=O) groups excluding carboxylic acids is 1. The lowest BCUT2D eigenvalue weighted by Crippen LogP contribution is -2.61. The third-order valence-electron chi connectivity index (χ3n) is 7.27. The van der Waals surface area contributed by atoms with Crippen molar-refractivity contribution in [3.05, 3.63) is 60.8 Å². The van der Waals surface area contributed by atoms with Crippen molar-refractivity contribution in [1.82, 2.24) is 0 Å². The SMILES string of the molecule is CC/C=C\C/C=C\C/C=C\C/C=C\C/C=C\CC(=O)OCC(O)CO[C@@H]1O[C@H](CO[C@H]2O[C@H](CO)[C@H](O)[C@H](O)[C@H]2O)[C@H](O)[C@H](O)[C@H]1O. The first kappa shape index (κ1) is 40.9. The lowest BCUT2D eigenvalue weighted by Gasteiger charge is -2.42. The largest absolute Gasteiger partial charge is 0.463 e. The highest BCUT2D eigenvalue weighted by atomic mass is 16.7. The third-order valence-corrected chi connectivity index (χ3v) is 7.27. The molecule has 14 nitrogen and oxygen atoms in total. The molecule has 0 saturated carbocycles. The molecule has 0 aromatic heterocycles. The van der Waals surface area contributed by atoms with Crippen LogP contribution in [0.5, 0.6) is 0 Å². The number of rotatable bonds is 20. The van der Waals surface area contributed by atoms with E-state index in [4.69, 9.17) is 23.7 Å². The standard InChI is InChI=1S/C33H52O14/c1-2-3-4-5-6-7-8-9-10-11-12-13-14-15-16-17-25(36)43-19-22(35)20-44-32-31(42)29(40)27(38)24(47-32)21-45-33-30(41)28(39)26(37)23(18-34)46-33/h3-4,6-7,9-10,12-13,15-16,22-24,26-35,37-42H,2,5,8,11,14,17-21H2,1H3/b4-3-,7-6-,10-9-,13-12-,16-15-/t22?,23-,24-,26+,27+,28+,29+,30-,31-,32-,33+/m1/s1. The number of ether oxygens (including phenoxy) is 5. The first-order valence-corrected chi connectivity index (χ1v) is 15.9. The molecular weight excluding hydrogens is 620 g/mol. The van der Waals surface area contributed by atoms with Gasteiger partial charge in [0.05, 0.1) is 26.2 Å². The van der Waals surface area contributed by atoms with Crippen molar-refractivity contribution in [1.29, 1.82) is 0 Å². The van der Waals surface area contributed by atoms with Crippen LogP contribution in [-0.4, -0.2) is 141 Å². The zero-order valence-corrected chi connectivity index (χ0v) is 26.7. The molecular formula is C33H52O14. The highest BCUT2D eigenvalue weighted by Gasteiger charge is 2.47. The van der Waals surface area contributed by atoms with Gasteiger partial charge in [-0.2, -0.15) is 0 Å². The van der Waals surface area contributed by atoms with E-state index in [-0.39, 0.29) is 6.42 Å². The van der Waals surface area contributed by atoms with Crippen molar-refractivity contribution in [2.45, 2.75) is 113 Å². The van der Waals surface area contributed by atoms with Gasteiger partial charge in [0.25, 0.3) is 0 Å². The molecule has 0 bridgehead atoms. The lowest BCUT2D eigenvalue weighted by atomic mass is 9.98. The zero-order valence-electron chi connectivity index (χ0n) is 26.7. The molecule has 0 aromatic rings. The summed E-state index contributed by atoms with van der Waals surface area (Å²) in [6.07, 6.45) is 7.69. The minimum Gasteiger partial charge on any atom is -0.463 e. The minimum atomic E-state index is -1.74. The normalized spacial score (nSPS) is 32.8. The Labute approximate surface area is 275 Å². The summed E-state index contributed by atoms with van der Waals surface area (Å²) >= 11 is 0. The number of hydrogen-bond acceptors (Lipinski definition) is 14. The Hall–Kier alpha value is -2.31. The maximum absolute atomic E-state index is 12.0. The molecule has 0 spiro atoms. The molecule has 11 atom stereocenters. The Morgan fingerprint density at radius 3 is 1.64 bits per heavy atom. The molecule has 0 aliphatic carbocycles. The summed E-state index contributed by atoms with van der Waals surface area (Å²) in [6.45, 7) is 0.0530. The molecule has 0 amide bonds. The predicted molar refractivity (Wildman–Crippen MR) is 168 cm³/mol. The molecule has 0 radical (unpaired) electrons. The fourth-order valence-electron chi connectivity index (χ4n) is 4.52. The summed E-state index contributed by atoms with van der Waals surface area (Å²) in [6, 6.07) is 0. The Kier molecular flexibility index (Phi) is 20.1. The fourth-order valence-corrected chi connectivity index (χ4v) is 4.52. The fraction of sp³-hybridized carbons (Fsp3) is 0.667. The van der Waals surface area contributed by atoms with Crippen LogP contribution in [-0.2, 0) is 28.5 Å². The second kappa shape index (κ2) is 23.1. The first-order valence-electron chi connectivity index (χ1n) is 15.9. The molecule has 8 N–H and O–H groups in total. The Morgan fingerprint density at radius 2 is 1.11 bits per heavy atom. The van der Waals surface area contributed by atoms with Crippen LogP contribution < -0.4 is 0 Å². The zero-order chi connectivity index (χ0) is 34.6. The predicted octanol–water partition coefficient (Wildman–Crippen LogP) is -0.327. The number of hydrogen-bond donors (Lipinski definition) is 8. The third kappa shape index (κ3) is 14.8. The second-order valence-corrected chi connectivity index (χ2v) is 11.1. The maximum atomic E-state index is 12.0. The van der Waals surface area contributed by atoms with Crippen LogP contribution in [0, 0.1) is 0 Å². The Morgan fingerprint density at radius 1 is 0.638 bits per heavy atom. The topological polar surface area (TPSA) is 225 Å². The first-order chi connectivity index (χ1) is 22.6. The van der Waals surface area contributed by atoms with E-state index in [2.05, 4.69) is 43.4 Å². The van der Waals surface area contributed by atoms with Crippen LogP contribution in [0.3, 0.4) is 0 Å². The van der Waals surface area contributed by atoms with Gasteiger partial charge in [-0.3, -0.25) is 4.79 Å². The molecule has 2 heterocycles. The summed E-state index contributed by atoms with van der Waals surface area (Å²) in [5, 5.41) is 80.2. The average molecular weight is 673 g/mol. The molecule has 268 valence electrons. The number of esters is 1. The Bertz CT molecular complexity index is 1010. The van der Waals surface area contributed by atoms with Gasteiger partial charge in [-0.25, -0.2) is 0 Å². The molecule has 1 unspecified atom stereocenters. The van der Waals surface area contributed by atoms with Gasteiger partial charge in [0.15, 0.2) is 12.6 Å². The van der Waals surface area contributed by atoms with Crippen molar-refractivity contribution >= 4 is 5.97 Å². The molecule has 2 rings (SSSR count). The van der Waals surface area contributed by atoms with E-state index in [1.54, 1.807) is 6.08 Å². The van der Waals surface area contributed by atoms with E-state index in [0.29, 0.717) is 6.42 Å². The van der Waals surface area contributed by atoms with Crippen molar-refractivity contribution in [3.8, 4) is 0 Å². The van der Waals surface area contributed by atoms with E-state index in [1.807, 2.05) is 18.2 Å². The molecule has 2 aliphatic heterocycles. The van der Waals surface area contributed by atoms with Crippen LogP contribution in [0.1, 0.15) is 45.4 Å². The van der Waals surface area contributed by atoms with Crippen molar-refractivity contribution in [2.75, 3.05) is 26.4 Å². The molecule has 14 heteroatoms. The molecule has 2 fully saturated rings. The Balaban J connectivity index is 1.65. The van der Waals surface area contributed by atoms with Gasteiger partial charge in [-0.1, -0.05) is 67.7 Å². The van der Waals surface area contributed by atoms with E-state index in [1.165, 1.54) is 0 Å². The summed E-state index contributed by atoms with van der Waals surface area (Å²) in [5.74, 6) is -0.566. The van der Waals surface area contributed by atoms with Crippen LogP contribution >= 0.6 is 0 Å². The van der Waals surface area contributed by atoms with E-state index < -0.39 is 99.9 Å². The number of allylic oxidation sites excluding steroid dienone is 9. The highest BCUT2D eigenvalue weighted by molar-refractivity contribution is 5.71. The number of aliphatic hydroxyl groups excluding tert-OH is 8. The van der Waals surface area contributed by atoms with Crippen LogP contribution in [0.25, 0.3) is 0 Å². The quantitative estimate of drug-likeness (QED) is 0.0613. The van der Waals surface area contributed by atoms with Gasteiger partial charge in [-0.15, -0.1) is 0 Å². The summed E-state index contributed by atoms with van der Waals surface area (Å²) in [7, 11) is 0. The monoisotopic (exact) mass is 672 g/mol. The van der Waals surface area contributed by atoms with Gasteiger partial charge >= 0.3 is 5.97 Å². The molecule has 0 aromatic carbocycles. The van der Waals surface area contributed by atoms with E-state index in [9.17, 15) is 45.6 Å². The number of aliphatic hydroxyl groups is 8. The van der Waals surface area contributed by atoms with Crippen LogP contribution in [0.4, 0.5) is 0 Å². The molecule has 2 aliphatic rings. The summed E-state index contributed by atoms with van der Waals surface area (Å²) < 4.78 is 26.5. The van der Waals surface area contributed by atoms with Gasteiger partial charge in [0, 0.05) is 0 Å². The van der Waals surface area contributed by atoms with Gasteiger partial charge < -0.3 is 64.5 Å². The van der Waals surface area contributed by atoms with E-state index >= 15 is 0 Å².